The molecular weight excluding hydrogens is 220 g/mol. The Labute approximate surface area is 114 Å². The molecule has 1 fully saturated rings. The van der Waals surface area contributed by atoms with Gasteiger partial charge < -0.3 is 0 Å². The summed E-state index contributed by atoms with van der Waals surface area (Å²) in [5, 5.41) is 0. The van der Waals surface area contributed by atoms with Gasteiger partial charge in [0.25, 0.3) is 0 Å². The summed E-state index contributed by atoms with van der Waals surface area (Å²) in [6.07, 6.45) is 0.771. The number of Topliss-reactive ketones (excluding diaryl/α,β-unsaturated/α-hetero) is 1. The van der Waals surface area contributed by atoms with Gasteiger partial charge in [-0.2, -0.15) is 0 Å². The molecule has 0 amide bonds. The zero-order valence-electron chi connectivity index (χ0n) is 13.8. The van der Waals surface area contributed by atoms with Crippen molar-refractivity contribution in [2.45, 2.75) is 68.7 Å². The van der Waals surface area contributed by atoms with E-state index in [9.17, 15) is 4.79 Å². The summed E-state index contributed by atoms with van der Waals surface area (Å²) in [4.78, 5) is 12.5. The van der Waals surface area contributed by atoms with Crippen LogP contribution in [0.25, 0.3) is 0 Å². The van der Waals surface area contributed by atoms with Crippen LogP contribution in [-0.2, 0) is 4.79 Å². The summed E-state index contributed by atoms with van der Waals surface area (Å²) in [6, 6.07) is 0. The molecule has 0 N–H and O–H groups in total. The van der Waals surface area contributed by atoms with Gasteiger partial charge in [-0.3, -0.25) is 4.79 Å². The quantitative estimate of drug-likeness (QED) is 0.596. The molecule has 3 unspecified atom stereocenters. The fourth-order valence-electron chi connectivity index (χ4n) is 3.87. The predicted octanol–water partition coefficient (Wildman–Crippen LogP) is 4.95. The van der Waals surface area contributed by atoms with Crippen LogP contribution in [0.5, 0.6) is 0 Å². The highest BCUT2D eigenvalue weighted by Gasteiger charge is 2.54. The van der Waals surface area contributed by atoms with Gasteiger partial charge in [0, 0.05) is 12.3 Å². The first-order chi connectivity index (χ1) is 7.76. The van der Waals surface area contributed by atoms with Crippen LogP contribution < -0.4 is 0 Å². The van der Waals surface area contributed by atoms with Gasteiger partial charge in [-0.25, -0.2) is 0 Å². The summed E-state index contributed by atoms with van der Waals surface area (Å²) in [5.41, 5.74) is 0.491. The number of hydrogen-bond acceptors (Lipinski definition) is 1. The summed E-state index contributed by atoms with van der Waals surface area (Å²) in [7, 11) is 0. The third kappa shape index (κ3) is 2.97. The zero-order chi connectivity index (χ0) is 14.5. The molecule has 1 saturated carbocycles. The molecule has 18 heavy (non-hydrogen) atoms. The van der Waals surface area contributed by atoms with Crippen molar-refractivity contribution in [3.05, 3.63) is 0 Å². The summed E-state index contributed by atoms with van der Waals surface area (Å²) < 4.78 is 0. The Morgan fingerprint density at radius 3 is 1.50 bits per heavy atom. The van der Waals surface area contributed by atoms with Gasteiger partial charge in [0.2, 0.25) is 0 Å². The summed E-state index contributed by atoms with van der Waals surface area (Å²) in [5.74, 6) is 1.70. The SMILES string of the molecule is CC(C)(C)C1CC(=O)C(C(C)(C)C)C1C(C)(C)C. The van der Waals surface area contributed by atoms with Crippen LogP contribution in [0.15, 0.2) is 0 Å². The van der Waals surface area contributed by atoms with Gasteiger partial charge in [0.1, 0.15) is 5.78 Å². The first-order valence-electron chi connectivity index (χ1n) is 7.29. The highest BCUT2D eigenvalue weighted by atomic mass is 16.1. The Hall–Kier alpha value is -0.330. The van der Waals surface area contributed by atoms with Gasteiger partial charge in [-0.15, -0.1) is 0 Å². The van der Waals surface area contributed by atoms with Crippen LogP contribution in [0, 0.1) is 34.0 Å². The molecule has 0 aromatic heterocycles. The standard InChI is InChI=1S/C17H32O/c1-15(2,3)11-10-12(18)14(17(7,8)9)13(11)16(4,5)6/h11,13-14H,10H2,1-9H3. The minimum atomic E-state index is 0.0784. The van der Waals surface area contributed by atoms with E-state index >= 15 is 0 Å². The molecule has 1 nitrogen and oxygen atoms in total. The third-order valence-corrected chi connectivity index (χ3v) is 4.61. The Bertz CT molecular complexity index is 319. The van der Waals surface area contributed by atoms with Crippen molar-refractivity contribution in [1.82, 2.24) is 0 Å². The second-order valence-electron chi connectivity index (χ2n) is 9.38. The van der Waals surface area contributed by atoms with Crippen LogP contribution in [0.4, 0.5) is 0 Å². The van der Waals surface area contributed by atoms with Crippen molar-refractivity contribution >= 4 is 5.78 Å². The van der Waals surface area contributed by atoms with Crippen LogP contribution in [-0.4, -0.2) is 5.78 Å². The molecule has 0 aromatic rings. The molecule has 0 aliphatic heterocycles. The summed E-state index contributed by atoms with van der Waals surface area (Å²) in [6.45, 7) is 20.4. The van der Waals surface area contributed by atoms with E-state index in [1.807, 2.05) is 0 Å². The topological polar surface area (TPSA) is 17.1 Å². The van der Waals surface area contributed by atoms with Crippen molar-refractivity contribution in [3.8, 4) is 0 Å². The van der Waals surface area contributed by atoms with Crippen molar-refractivity contribution in [1.29, 1.82) is 0 Å². The minimum absolute atomic E-state index is 0.0784. The van der Waals surface area contributed by atoms with E-state index in [1.165, 1.54) is 0 Å². The van der Waals surface area contributed by atoms with Crippen molar-refractivity contribution in [2.75, 3.05) is 0 Å². The van der Waals surface area contributed by atoms with E-state index in [4.69, 9.17) is 0 Å². The Morgan fingerprint density at radius 2 is 1.22 bits per heavy atom. The molecular formula is C17H32O. The molecule has 0 aromatic carbocycles. The molecule has 0 bridgehead atoms. The van der Waals surface area contributed by atoms with E-state index in [0.29, 0.717) is 17.6 Å². The van der Waals surface area contributed by atoms with Gasteiger partial charge in [-0.1, -0.05) is 62.3 Å². The van der Waals surface area contributed by atoms with E-state index < -0.39 is 0 Å². The average molecular weight is 252 g/mol. The lowest BCUT2D eigenvalue weighted by Gasteiger charge is -2.44. The van der Waals surface area contributed by atoms with E-state index in [-0.39, 0.29) is 22.2 Å². The predicted molar refractivity (Wildman–Crippen MR) is 78.5 cm³/mol. The van der Waals surface area contributed by atoms with E-state index in [2.05, 4.69) is 62.3 Å². The Kier molecular flexibility index (Phi) is 3.80. The lowest BCUT2D eigenvalue weighted by molar-refractivity contribution is -0.125. The monoisotopic (exact) mass is 252 g/mol. The number of hydrogen-bond donors (Lipinski definition) is 0. The first kappa shape index (κ1) is 15.7. The minimum Gasteiger partial charge on any atom is -0.299 e. The number of carbonyl (C=O) groups excluding carboxylic acids is 1. The normalized spacial score (nSPS) is 30.9. The van der Waals surface area contributed by atoms with Gasteiger partial charge in [-0.05, 0) is 28.1 Å². The van der Waals surface area contributed by atoms with E-state index in [1.54, 1.807) is 0 Å². The molecule has 0 spiro atoms. The highest BCUT2D eigenvalue weighted by molar-refractivity contribution is 5.85. The fourth-order valence-corrected chi connectivity index (χ4v) is 3.87. The smallest absolute Gasteiger partial charge is 0.137 e. The molecule has 0 radical (unpaired) electrons. The fraction of sp³-hybridized carbons (Fsp3) is 0.941. The maximum atomic E-state index is 12.5. The van der Waals surface area contributed by atoms with E-state index in [0.717, 1.165) is 6.42 Å². The van der Waals surface area contributed by atoms with Crippen LogP contribution in [0.3, 0.4) is 0 Å². The molecule has 1 rings (SSSR count). The van der Waals surface area contributed by atoms with Crippen LogP contribution in [0.2, 0.25) is 0 Å². The second-order valence-corrected chi connectivity index (χ2v) is 9.38. The molecule has 0 saturated heterocycles. The molecule has 106 valence electrons. The van der Waals surface area contributed by atoms with Crippen molar-refractivity contribution < 1.29 is 4.79 Å². The number of ketones is 1. The van der Waals surface area contributed by atoms with Crippen LogP contribution >= 0.6 is 0 Å². The van der Waals surface area contributed by atoms with Gasteiger partial charge in [0.05, 0.1) is 0 Å². The third-order valence-electron chi connectivity index (χ3n) is 4.61. The maximum Gasteiger partial charge on any atom is 0.137 e. The Morgan fingerprint density at radius 1 is 0.778 bits per heavy atom. The number of carbonyl (C=O) groups is 1. The highest BCUT2D eigenvalue weighted by Crippen LogP contribution is 2.56. The number of rotatable bonds is 0. The second kappa shape index (κ2) is 4.35. The molecule has 0 heterocycles. The zero-order valence-corrected chi connectivity index (χ0v) is 13.8. The molecule has 1 heteroatoms. The molecule has 1 aliphatic rings. The molecule has 1 aliphatic carbocycles. The lowest BCUT2D eigenvalue weighted by atomic mass is 9.59. The van der Waals surface area contributed by atoms with Gasteiger partial charge >= 0.3 is 0 Å². The summed E-state index contributed by atoms with van der Waals surface area (Å²) >= 11 is 0. The molecule has 3 atom stereocenters. The van der Waals surface area contributed by atoms with Crippen LogP contribution in [0.1, 0.15) is 68.7 Å². The Balaban J connectivity index is 3.25. The van der Waals surface area contributed by atoms with Crippen molar-refractivity contribution in [3.63, 3.8) is 0 Å². The maximum absolute atomic E-state index is 12.5. The first-order valence-corrected chi connectivity index (χ1v) is 7.29. The average Bonchev–Trinajstić information content (AvgIpc) is 2.39. The largest absolute Gasteiger partial charge is 0.299 e. The van der Waals surface area contributed by atoms with Crippen molar-refractivity contribution in [2.24, 2.45) is 34.0 Å². The van der Waals surface area contributed by atoms with Gasteiger partial charge in [0.15, 0.2) is 0 Å². The lowest BCUT2D eigenvalue weighted by Crippen LogP contribution is -2.40.